The van der Waals surface area contributed by atoms with Crippen LogP contribution < -0.4 is 5.32 Å². The van der Waals surface area contributed by atoms with Crippen molar-refractivity contribution in [3.63, 3.8) is 0 Å². The van der Waals surface area contributed by atoms with Crippen molar-refractivity contribution in [1.82, 2.24) is 9.78 Å². The monoisotopic (exact) mass is 399 g/mol. The molecule has 2 unspecified atom stereocenters. The van der Waals surface area contributed by atoms with Crippen LogP contribution in [0.4, 0.5) is 19.0 Å². The summed E-state index contributed by atoms with van der Waals surface area (Å²) in [6.07, 6.45) is 0.209. The molecule has 6 nitrogen and oxygen atoms in total. The maximum absolute atomic E-state index is 14.4. The van der Waals surface area contributed by atoms with Gasteiger partial charge in [0.25, 0.3) is 0 Å². The summed E-state index contributed by atoms with van der Waals surface area (Å²) in [6.45, 7) is 1.65. The SMILES string of the molecule is Cc1nn(C2CCS(=O)(=O)C2)c2c1C(c1ccc(F)c(F)c1F)CC(=O)N2. The first-order chi connectivity index (χ1) is 12.7. The second-order valence-electron chi connectivity index (χ2n) is 6.92. The Morgan fingerprint density at radius 3 is 2.63 bits per heavy atom. The quantitative estimate of drug-likeness (QED) is 0.787. The Kier molecular flexibility index (Phi) is 4.06. The fourth-order valence-corrected chi connectivity index (χ4v) is 5.57. The molecule has 0 radical (unpaired) electrons. The lowest BCUT2D eigenvalue weighted by atomic mass is 9.85. The highest BCUT2D eigenvalue weighted by Gasteiger charge is 2.38. The predicted molar refractivity (Wildman–Crippen MR) is 90.7 cm³/mol. The summed E-state index contributed by atoms with van der Waals surface area (Å²) < 4.78 is 66.4. The smallest absolute Gasteiger partial charge is 0.226 e. The van der Waals surface area contributed by atoms with Crippen LogP contribution in [0.1, 0.15) is 41.6 Å². The molecule has 1 N–H and O–H groups in total. The van der Waals surface area contributed by atoms with Crippen molar-refractivity contribution < 1.29 is 26.4 Å². The number of carbonyl (C=O) groups excluding carboxylic acids is 1. The second kappa shape index (κ2) is 6.08. The Morgan fingerprint density at radius 2 is 1.96 bits per heavy atom. The second-order valence-corrected chi connectivity index (χ2v) is 9.15. The van der Waals surface area contributed by atoms with Crippen LogP contribution in [0.25, 0.3) is 0 Å². The summed E-state index contributed by atoms with van der Waals surface area (Å²) in [4.78, 5) is 12.2. The average molecular weight is 399 g/mol. The van der Waals surface area contributed by atoms with Crippen molar-refractivity contribution >= 4 is 21.6 Å². The lowest BCUT2D eigenvalue weighted by molar-refractivity contribution is -0.116. The van der Waals surface area contributed by atoms with Gasteiger partial charge >= 0.3 is 0 Å². The fourth-order valence-electron chi connectivity index (χ4n) is 3.88. The predicted octanol–water partition coefficient (Wildman–Crippen LogP) is 2.44. The molecule has 144 valence electrons. The number of nitrogens with one attached hydrogen (secondary N) is 1. The first-order valence-electron chi connectivity index (χ1n) is 8.40. The van der Waals surface area contributed by atoms with E-state index in [1.165, 1.54) is 4.68 Å². The van der Waals surface area contributed by atoms with E-state index in [9.17, 15) is 26.4 Å². The molecule has 0 bridgehead atoms. The molecule has 1 saturated heterocycles. The number of nitrogens with zero attached hydrogens (tertiary/aromatic N) is 2. The van der Waals surface area contributed by atoms with Gasteiger partial charge in [0.15, 0.2) is 27.3 Å². The van der Waals surface area contributed by atoms with Crippen molar-refractivity contribution in [1.29, 1.82) is 0 Å². The van der Waals surface area contributed by atoms with Crippen LogP contribution in [-0.2, 0) is 14.6 Å². The highest BCUT2D eigenvalue weighted by atomic mass is 32.2. The van der Waals surface area contributed by atoms with Crippen LogP contribution in [0, 0.1) is 24.4 Å². The number of aryl methyl sites for hydroxylation is 1. The van der Waals surface area contributed by atoms with Crippen LogP contribution in [-0.4, -0.2) is 35.6 Å². The van der Waals surface area contributed by atoms with Gasteiger partial charge in [-0.05, 0) is 25.0 Å². The molecule has 0 saturated carbocycles. The molecule has 0 aliphatic carbocycles. The molecular formula is C17H16F3N3O3S. The molecule has 2 aliphatic rings. The van der Waals surface area contributed by atoms with E-state index in [0.29, 0.717) is 23.5 Å². The molecule has 10 heteroatoms. The third kappa shape index (κ3) is 2.91. The molecule has 2 aliphatic heterocycles. The number of anilines is 1. The molecule has 1 aromatic carbocycles. The van der Waals surface area contributed by atoms with Crippen molar-refractivity contribution in [3.8, 4) is 0 Å². The number of hydrogen-bond donors (Lipinski definition) is 1. The van der Waals surface area contributed by atoms with Gasteiger partial charge in [0.1, 0.15) is 5.82 Å². The van der Waals surface area contributed by atoms with Crippen LogP contribution in [0.3, 0.4) is 0 Å². The van der Waals surface area contributed by atoms with E-state index in [4.69, 9.17) is 0 Å². The van der Waals surface area contributed by atoms with Crippen molar-refractivity contribution in [2.24, 2.45) is 0 Å². The molecular weight excluding hydrogens is 383 g/mol. The van der Waals surface area contributed by atoms with Gasteiger partial charge in [-0.1, -0.05) is 6.07 Å². The van der Waals surface area contributed by atoms with Crippen molar-refractivity contribution in [2.75, 3.05) is 16.8 Å². The van der Waals surface area contributed by atoms with Gasteiger partial charge in [-0.3, -0.25) is 4.79 Å². The summed E-state index contributed by atoms with van der Waals surface area (Å²) in [5.74, 6) is -5.28. The molecule has 1 aromatic heterocycles. The van der Waals surface area contributed by atoms with Crippen LogP contribution in [0.2, 0.25) is 0 Å². The Bertz CT molecular complexity index is 1070. The van der Waals surface area contributed by atoms with E-state index in [-0.39, 0.29) is 23.5 Å². The normalized spacial score (nSPS) is 23.9. The number of hydrogen-bond acceptors (Lipinski definition) is 4. The Balaban J connectivity index is 1.84. The number of carbonyl (C=O) groups is 1. The minimum Gasteiger partial charge on any atom is -0.311 e. The number of rotatable bonds is 2. The Hall–Kier alpha value is -2.36. The van der Waals surface area contributed by atoms with E-state index < -0.39 is 45.2 Å². The van der Waals surface area contributed by atoms with Gasteiger partial charge in [-0.25, -0.2) is 26.3 Å². The largest absolute Gasteiger partial charge is 0.311 e. The molecule has 2 atom stereocenters. The molecule has 3 heterocycles. The van der Waals surface area contributed by atoms with E-state index in [0.717, 1.165) is 12.1 Å². The van der Waals surface area contributed by atoms with Crippen LogP contribution in [0.15, 0.2) is 12.1 Å². The third-order valence-corrected chi connectivity index (χ3v) is 6.87. The number of aromatic nitrogens is 2. The van der Waals surface area contributed by atoms with Gasteiger partial charge in [0.2, 0.25) is 5.91 Å². The van der Waals surface area contributed by atoms with Crippen LogP contribution in [0.5, 0.6) is 0 Å². The zero-order chi connectivity index (χ0) is 19.5. The Labute approximate surface area is 153 Å². The zero-order valence-corrected chi connectivity index (χ0v) is 15.1. The molecule has 2 aromatic rings. The molecule has 4 rings (SSSR count). The first-order valence-corrected chi connectivity index (χ1v) is 10.2. The van der Waals surface area contributed by atoms with E-state index in [1.807, 2.05) is 0 Å². The van der Waals surface area contributed by atoms with E-state index in [1.54, 1.807) is 6.92 Å². The summed E-state index contributed by atoms with van der Waals surface area (Å²) in [5, 5.41) is 7.04. The van der Waals surface area contributed by atoms with Crippen molar-refractivity contribution in [2.45, 2.75) is 31.7 Å². The summed E-state index contributed by atoms with van der Waals surface area (Å²) in [5.41, 5.74) is 0.832. The number of halogens is 3. The number of sulfone groups is 1. The summed E-state index contributed by atoms with van der Waals surface area (Å²) >= 11 is 0. The van der Waals surface area contributed by atoms with Crippen molar-refractivity contribution in [3.05, 3.63) is 46.4 Å². The summed E-state index contributed by atoms with van der Waals surface area (Å²) in [7, 11) is -3.18. The number of amides is 1. The van der Waals surface area contributed by atoms with Gasteiger partial charge < -0.3 is 5.32 Å². The van der Waals surface area contributed by atoms with E-state index >= 15 is 0 Å². The highest BCUT2D eigenvalue weighted by Crippen LogP contribution is 2.42. The number of benzene rings is 1. The lowest BCUT2D eigenvalue weighted by Crippen LogP contribution is -2.27. The molecule has 27 heavy (non-hydrogen) atoms. The topological polar surface area (TPSA) is 81.1 Å². The van der Waals surface area contributed by atoms with Crippen LogP contribution >= 0.6 is 0 Å². The van der Waals surface area contributed by atoms with E-state index in [2.05, 4.69) is 10.4 Å². The lowest BCUT2D eigenvalue weighted by Gasteiger charge is -2.25. The molecule has 1 fully saturated rings. The number of fused-ring (bicyclic) bond motifs is 1. The van der Waals surface area contributed by atoms with Gasteiger partial charge in [0.05, 0.1) is 23.2 Å². The fraction of sp³-hybridized carbons (Fsp3) is 0.412. The third-order valence-electron chi connectivity index (χ3n) is 5.12. The van der Waals surface area contributed by atoms with Gasteiger partial charge in [-0.2, -0.15) is 5.10 Å². The maximum atomic E-state index is 14.4. The molecule has 1 amide bonds. The highest BCUT2D eigenvalue weighted by molar-refractivity contribution is 7.91. The molecule has 0 spiro atoms. The maximum Gasteiger partial charge on any atom is 0.226 e. The minimum atomic E-state index is -3.18. The van der Waals surface area contributed by atoms with Gasteiger partial charge in [0, 0.05) is 17.9 Å². The zero-order valence-electron chi connectivity index (χ0n) is 14.3. The standard InChI is InChI=1S/C17H16F3N3O3S/c1-8-14-11(10-2-3-12(18)16(20)15(10)19)6-13(24)21-17(14)23(22-8)9-4-5-27(25,26)7-9/h2-3,9,11H,4-7H2,1H3,(H,21,24). The summed E-state index contributed by atoms with van der Waals surface area (Å²) in [6, 6.07) is 1.51. The minimum absolute atomic E-state index is 0.0283. The Morgan fingerprint density at radius 1 is 1.22 bits per heavy atom. The first kappa shape index (κ1) is 18.0. The van der Waals surface area contributed by atoms with Gasteiger partial charge in [-0.15, -0.1) is 0 Å². The average Bonchev–Trinajstić information content (AvgIpc) is 3.12.